The van der Waals surface area contributed by atoms with Gasteiger partial charge in [-0.1, -0.05) is 4.90 Å². The maximum absolute atomic E-state index is 13.4. The molecule has 34 heavy (non-hydrogen) atoms. The van der Waals surface area contributed by atoms with Crippen LogP contribution in [0.15, 0.2) is 0 Å². The van der Waals surface area contributed by atoms with Gasteiger partial charge in [0.05, 0.1) is 0 Å². The third-order valence-electron chi connectivity index (χ3n) is 3.47. The zero-order chi connectivity index (χ0) is 28.6. The first-order valence-corrected chi connectivity index (χ1v) is 6.77. The second-order valence-electron chi connectivity index (χ2n) is 5.75. The van der Waals surface area contributed by atoms with Crippen LogP contribution in [0.5, 0.6) is 0 Å². The average Bonchev–Trinajstić information content (AvgIpc) is 2.49. The summed E-state index contributed by atoms with van der Waals surface area (Å²) in [5.74, 6) is -44.2. The molecular weight excluding hydrogens is 571 g/mol. The number of hydrogen-bond donors (Lipinski definition) is 0. The lowest BCUT2D eigenvalue weighted by atomic mass is 9.99. The number of halogens is 23. The van der Waals surface area contributed by atoms with Crippen molar-refractivity contribution < 1.29 is 101 Å². The highest BCUT2D eigenvalue weighted by Crippen LogP contribution is 2.63. The minimum absolute atomic E-state index is 5.42. The predicted molar refractivity (Wildman–Crippen MR) is 54.6 cm³/mol. The first kappa shape index (κ1) is 32.4. The van der Waals surface area contributed by atoms with Crippen molar-refractivity contribution in [2.75, 3.05) is 0 Å². The second kappa shape index (κ2) is 7.67. The molecule has 0 saturated carbocycles. The van der Waals surface area contributed by atoms with Crippen LogP contribution in [-0.2, 0) is 0 Å². The van der Waals surface area contributed by atoms with E-state index in [4.69, 9.17) is 0 Å². The van der Waals surface area contributed by atoms with Gasteiger partial charge in [0.15, 0.2) is 0 Å². The molecule has 0 spiro atoms. The molecule has 0 N–H and O–H groups in total. The lowest BCUT2D eigenvalue weighted by molar-refractivity contribution is -0.517. The SMILES string of the molecule is FC(F)(F)N(C(F)(F)C(F)(F)C(F)(F)C(F)(F)F)C(F)(F)C(F)(F)C(F)(F)C(F)(F)C(F)(F)F. The third-order valence-corrected chi connectivity index (χ3v) is 3.47. The number of nitrogens with zero attached hydrogens (tertiary/aromatic N) is 1. The molecule has 0 atom stereocenters. The van der Waals surface area contributed by atoms with E-state index in [2.05, 4.69) is 0 Å². The Bertz CT molecular complexity index is 732. The van der Waals surface area contributed by atoms with Gasteiger partial charge < -0.3 is 0 Å². The van der Waals surface area contributed by atoms with E-state index in [-0.39, 0.29) is 0 Å². The van der Waals surface area contributed by atoms with Crippen molar-refractivity contribution >= 4 is 0 Å². The minimum Gasteiger partial charge on any atom is -0.192 e. The first-order chi connectivity index (χ1) is 14.1. The summed E-state index contributed by atoms with van der Waals surface area (Å²) >= 11 is 0. The van der Waals surface area contributed by atoms with Crippen LogP contribution in [-0.4, -0.2) is 65.3 Å². The first-order valence-electron chi connectivity index (χ1n) is 6.77. The van der Waals surface area contributed by atoms with E-state index in [9.17, 15) is 101 Å². The predicted octanol–water partition coefficient (Wildman–Crippen LogP) is 7.29. The van der Waals surface area contributed by atoms with Gasteiger partial charge in [0.25, 0.3) is 0 Å². The van der Waals surface area contributed by atoms with Gasteiger partial charge in [-0.3, -0.25) is 0 Å². The van der Waals surface area contributed by atoms with Gasteiger partial charge in [-0.2, -0.15) is 101 Å². The molecule has 24 heteroatoms. The smallest absolute Gasteiger partial charge is 0.192 e. The molecule has 0 aliphatic carbocycles. The normalized spacial score (nSPS) is 16.9. The van der Waals surface area contributed by atoms with Crippen LogP contribution < -0.4 is 0 Å². The lowest BCUT2D eigenvalue weighted by Gasteiger charge is -2.46. The molecule has 0 aliphatic rings. The Morgan fingerprint density at radius 3 is 0.676 bits per heavy atom. The molecule has 0 rings (SSSR count). The Labute approximate surface area is 168 Å². The third kappa shape index (κ3) is 4.15. The fourth-order valence-corrected chi connectivity index (χ4v) is 1.71. The summed E-state index contributed by atoms with van der Waals surface area (Å²) in [7, 11) is 0. The molecule has 0 saturated heterocycles. The lowest BCUT2D eigenvalue weighted by Crippen LogP contribution is -2.78. The highest BCUT2D eigenvalue weighted by molar-refractivity contribution is 5.10. The molecule has 0 radical (unpaired) electrons. The Balaban J connectivity index is 7.33. The zero-order valence-electron chi connectivity index (χ0n) is 14.1. The molecule has 0 aliphatic heterocycles. The van der Waals surface area contributed by atoms with E-state index in [1.807, 2.05) is 0 Å². The van der Waals surface area contributed by atoms with Gasteiger partial charge in [0.1, 0.15) is 0 Å². The van der Waals surface area contributed by atoms with Gasteiger partial charge in [0.2, 0.25) is 0 Å². The summed E-state index contributed by atoms with van der Waals surface area (Å²) in [6, 6.07) is -18.3. The zero-order valence-corrected chi connectivity index (χ0v) is 14.1. The Morgan fingerprint density at radius 1 is 0.265 bits per heavy atom. The summed E-state index contributed by atoms with van der Waals surface area (Å²) in [6.07, 6.45) is -24.7. The highest BCUT2D eigenvalue weighted by atomic mass is 19.4. The fourth-order valence-electron chi connectivity index (χ4n) is 1.71. The maximum Gasteiger partial charge on any atom is 0.469 e. The van der Waals surface area contributed by atoms with Crippen LogP contribution >= 0.6 is 0 Å². The molecule has 0 heterocycles. The van der Waals surface area contributed by atoms with E-state index in [1.165, 1.54) is 0 Å². The Morgan fingerprint density at radius 2 is 0.471 bits per heavy atom. The van der Waals surface area contributed by atoms with Crippen LogP contribution in [0.25, 0.3) is 0 Å². The molecule has 206 valence electrons. The number of rotatable bonds is 7. The number of hydrogen-bond acceptors (Lipinski definition) is 1. The van der Waals surface area contributed by atoms with Crippen LogP contribution in [0.2, 0.25) is 0 Å². The molecule has 0 aromatic rings. The summed E-state index contributed by atoms with van der Waals surface area (Å²) in [5, 5.41) is 0. The topological polar surface area (TPSA) is 3.24 Å². The molecule has 0 fully saturated rings. The molecule has 0 unspecified atom stereocenters. The second-order valence-corrected chi connectivity index (χ2v) is 5.75. The van der Waals surface area contributed by atoms with Crippen LogP contribution in [0.3, 0.4) is 0 Å². The van der Waals surface area contributed by atoms with E-state index >= 15 is 0 Å². The van der Waals surface area contributed by atoms with Gasteiger partial charge in [0, 0.05) is 0 Å². The van der Waals surface area contributed by atoms with Gasteiger partial charge >= 0.3 is 60.4 Å². The van der Waals surface area contributed by atoms with Crippen molar-refractivity contribution in [1.29, 1.82) is 0 Å². The van der Waals surface area contributed by atoms with Gasteiger partial charge in [-0.05, 0) is 0 Å². The van der Waals surface area contributed by atoms with Crippen LogP contribution in [0.4, 0.5) is 101 Å². The van der Waals surface area contributed by atoms with E-state index in [0.29, 0.717) is 0 Å². The van der Waals surface area contributed by atoms with E-state index in [0.717, 1.165) is 0 Å². The van der Waals surface area contributed by atoms with Crippen molar-refractivity contribution in [3.63, 3.8) is 0 Å². The summed E-state index contributed by atoms with van der Waals surface area (Å²) in [5.41, 5.74) is 0. The van der Waals surface area contributed by atoms with E-state index in [1.54, 1.807) is 0 Å². The van der Waals surface area contributed by atoms with Gasteiger partial charge in [-0.25, -0.2) is 0 Å². The number of alkyl halides is 23. The highest BCUT2D eigenvalue weighted by Gasteiger charge is 2.94. The minimum atomic E-state index is -9.20. The van der Waals surface area contributed by atoms with Gasteiger partial charge in [-0.15, -0.1) is 0 Å². The van der Waals surface area contributed by atoms with Crippen molar-refractivity contribution in [3.05, 3.63) is 0 Å². The largest absolute Gasteiger partial charge is 0.469 e. The summed E-state index contributed by atoms with van der Waals surface area (Å²) < 4.78 is 291. The molecule has 0 bridgehead atoms. The maximum atomic E-state index is 13.4. The standard InChI is InChI=1S/C10F23N/c11-1(12,2(13,14)6(21,22)23)4(17,18)8(27,28)34(10(31,32)33)9(29,30)5(19,20)3(15,16)7(24,25)26. The van der Waals surface area contributed by atoms with Crippen molar-refractivity contribution in [2.45, 2.75) is 60.4 Å². The molecule has 0 amide bonds. The van der Waals surface area contributed by atoms with Crippen molar-refractivity contribution in [1.82, 2.24) is 4.90 Å². The fraction of sp³-hybridized carbons (Fsp3) is 1.00. The molecule has 0 aromatic carbocycles. The summed E-state index contributed by atoms with van der Waals surface area (Å²) in [4.78, 5) is -5.42. The Hall–Kier alpha value is -1.65. The quantitative estimate of drug-likeness (QED) is 0.229. The van der Waals surface area contributed by atoms with Crippen molar-refractivity contribution in [3.8, 4) is 0 Å². The molecular formula is C10F23N. The van der Waals surface area contributed by atoms with E-state index < -0.39 is 65.3 Å². The van der Waals surface area contributed by atoms with Crippen LogP contribution in [0, 0.1) is 0 Å². The average molecular weight is 571 g/mol. The van der Waals surface area contributed by atoms with Crippen molar-refractivity contribution in [2.24, 2.45) is 0 Å². The summed E-state index contributed by atoms with van der Waals surface area (Å²) in [6.45, 7) is 0. The van der Waals surface area contributed by atoms with Crippen LogP contribution in [0.1, 0.15) is 0 Å². The monoisotopic (exact) mass is 571 g/mol. The molecule has 0 aromatic heterocycles. The Kier molecular flexibility index (Phi) is 7.30. The molecule has 1 nitrogen and oxygen atoms in total.